The molecule has 0 spiro atoms. The zero-order chi connectivity index (χ0) is 24.5. The van der Waals surface area contributed by atoms with E-state index in [1.807, 2.05) is 6.92 Å². The highest BCUT2D eigenvalue weighted by Crippen LogP contribution is 2.34. The third-order valence-electron chi connectivity index (χ3n) is 4.58. The molecule has 3 rings (SSSR count). The predicted octanol–water partition coefficient (Wildman–Crippen LogP) is 6.27. The number of amides is 1. The largest absolute Gasteiger partial charge is 0.493 e. The van der Waals surface area contributed by atoms with Gasteiger partial charge in [0.1, 0.15) is 12.4 Å². The van der Waals surface area contributed by atoms with Gasteiger partial charge in [0.15, 0.2) is 17.2 Å². The molecular weight excluding hydrogens is 482 g/mol. The Balaban J connectivity index is 1.63. The van der Waals surface area contributed by atoms with Crippen LogP contribution in [-0.4, -0.2) is 25.8 Å². The zero-order valence-electron chi connectivity index (χ0n) is 18.6. The topological polar surface area (TPSA) is 69.2 Å². The molecule has 0 saturated carbocycles. The van der Waals surface area contributed by atoms with Crippen LogP contribution in [0.15, 0.2) is 59.7 Å². The number of methoxy groups -OCH3 is 1. The molecule has 0 aliphatic carbocycles. The predicted molar refractivity (Wildman–Crippen MR) is 131 cm³/mol. The third kappa shape index (κ3) is 6.85. The summed E-state index contributed by atoms with van der Waals surface area (Å²) in [6, 6.07) is 14.0. The summed E-state index contributed by atoms with van der Waals surface area (Å²) in [4.78, 5) is 12.4. The fraction of sp³-hybridized carbons (Fsp3) is 0.200. The number of benzene rings is 3. The smallest absolute Gasteiger partial charge is 0.271 e. The van der Waals surface area contributed by atoms with Gasteiger partial charge in [0, 0.05) is 5.56 Å². The number of hydrazone groups is 1. The van der Waals surface area contributed by atoms with Gasteiger partial charge in [0.25, 0.3) is 5.91 Å². The number of hydrogen-bond donors (Lipinski definition) is 1. The van der Waals surface area contributed by atoms with Gasteiger partial charge in [-0.1, -0.05) is 42.3 Å². The maximum Gasteiger partial charge on any atom is 0.271 e. The van der Waals surface area contributed by atoms with Gasteiger partial charge in [-0.25, -0.2) is 9.82 Å². The summed E-state index contributed by atoms with van der Waals surface area (Å²) in [5, 5.41) is 4.51. The van der Waals surface area contributed by atoms with Crippen LogP contribution in [0.25, 0.3) is 0 Å². The fourth-order valence-corrected chi connectivity index (χ4v) is 3.51. The molecule has 0 fully saturated rings. The van der Waals surface area contributed by atoms with Crippen molar-refractivity contribution in [2.45, 2.75) is 20.0 Å². The van der Waals surface area contributed by atoms with Crippen molar-refractivity contribution in [3.63, 3.8) is 0 Å². The van der Waals surface area contributed by atoms with Crippen molar-refractivity contribution in [2.24, 2.45) is 5.10 Å². The van der Waals surface area contributed by atoms with Crippen molar-refractivity contribution in [3.8, 4) is 17.2 Å². The number of halogens is 3. The van der Waals surface area contributed by atoms with E-state index in [0.29, 0.717) is 35.0 Å². The first kappa shape index (κ1) is 25.3. The lowest BCUT2D eigenvalue weighted by atomic mass is 10.2. The molecular formula is C25H23Cl2FN2O4. The minimum Gasteiger partial charge on any atom is -0.493 e. The van der Waals surface area contributed by atoms with Crippen LogP contribution < -0.4 is 19.6 Å². The average molecular weight is 505 g/mol. The summed E-state index contributed by atoms with van der Waals surface area (Å²) in [6.07, 6.45) is 2.27. The molecule has 34 heavy (non-hydrogen) atoms. The normalized spacial score (nSPS) is 10.9. The number of hydrogen-bond acceptors (Lipinski definition) is 5. The Morgan fingerprint density at radius 3 is 2.38 bits per heavy atom. The second-order valence-electron chi connectivity index (χ2n) is 7.14. The molecule has 0 atom stereocenters. The molecule has 0 bridgehead atoms. The van der Waals surface area contributed by atoms with Crippen LogP contribution in [0.1, 0.15) is 34.8 Å². The summed E-state index contributed by atoms with van der Waals surface area (Å²) >= 11 is 12.6. The monoisotopic (exact) mass is 504 g/mol. The second kappa shape index (κ2) is 12.3. The van der Waals surface area contributed by atoms with E-state index in [1.54, 1.807) is 42.5 Å². The van der Waals surface area contributed by atoms with Crippen LogP contribution in [0.2, 0.25) is 10.0 Å². The lowest BCUT2D eigenvalue weighted by Gasteiger charge is -2.11. The zero-order valence-corrected chi connectivity index (χ0v) is 20.1. The highest BCUT2D eigenvalue weighted by Gasteiger charge is 2.12. The molecule has 6 nitrogen and oxygen atoms in total. The van der Waals surface area contributed by atoms with Crippen molar-refractivity contribution in [1.29, 1.82) is 0 Å². The minimum atomic E-state index is -0.423. The first-order chi connectivity index (χ1) is 16.4. The minimum absolute atomic E-state index is 0.176. The van der Waals surface area contributed by atoms with Crippen LogP contribution in [0.3, 0.4) is 0 Å². The Morgan fingerprint density at radius 2 is 1.74 bits per heavy atom. The lowest BCUT2D eigenvalue weighted by molar-refractivity contribution is 0.0954. The van der Waals surface area contributed by atoms with Gasteiger partial charge in [-0.3, -0.25) is 4.79 Å². The van der Waals surface area contributed by atoms with Crippen LogP contribution in [0.4, 0.5) is 4.39 Å². The maximum absolute atomic E-state index is 13.0. The van der Waals surface area contributed by atoms with Crippen LogP contribution in [-0.2, 0) is 6.61 Å². The van der Waals surface area contributed by atoms with E-state index in [0.717, 1.165) is 12.0 Å². The van der Waals surface area contributed by atoms with Crippen LogP contribution >= 0.6 is 23.2 Å². The highest BCUT2D eigenvalue weighted by atomic mass is 35.5. The Morgan fingerprint density at radius 1 is 1.03 bits per heavy atom. The third-order valence-corrected chi connectivity index (χ3v) is 5.15. The number of carbonyl (C=O) groups excluding carboxylic acids is 1. The molecule has 9 heteroatoms. The van der Waals surface area contributed by atoms with Gasteiger partial charge >= 0.3 is 0 Å². The molecule has 178 valence electrons. The number of nitrogens with one attached hydrogen (secondary N) is 1. The second-order valence-corrected chi connectivity index (χ2v) is 7.96. The van der Waals surface area contributed by atoms with E-state index < -0.39 is 5.91 Å². The summed E-state index contributed by atoms with van der Waals surface area (Å²) in [6.45, 7) is 2.73. The van der Waals surface area contributed by atoms with Gasteiger partial charge in [0.05, 0.1) is 30.0 Å². The van der Waals surface area contributed by atoms with E-state index >= 15 is 0 Å². The van der Waals surface area contributed by atoms with Crippen LogP contribution in [0, 0.1) is 5.82 Å². The average Bonchev–Trinajstić information content (AvgIpc) is 2.83. The van der Waals surface area contributed by atoms with Gasteiger partial charge in [-0.2, -0.15) is 5.10 Å². The van der Waals surface area contributed by atoms with Gasteiger partial charge in [-0.15, -0.1) is 0 Å². The number of rotatable bonds is 10. The quantitative estimate of drug-likeness (QED) is 0.260. The molecule has 3 aromatic carbocycles. The fourth-order valence-electron chi connectivity index (χ4n) is 2.90. The van der Waals surface area contributed by atoms with Crippen molar-refractivity contribution >= 4 is 35.3 Å². The molecule has 3 aromatic rings. The summed E-state index contributed by atoms with van der Waals surface area (Å²) < 4.78 is 29.6. The van der Waals surface area contributed by atoms with Crippen molar-refractivity contribution in [1.82, 2.24) is 5.43 Å². The Hall–Kier alpha value is -3.29. The summed E-state index contributed by atoms with van der Waals surface area (Å²) in [7, 11) is 1.51. The molecule has 0 aliphatic rings. The Bertz CT molecular complexity index is 1150. The molecule has 1 N–H and O–H groups in total. The van der Waals surface area contributed by atoms with E-state index in [-0.39, 0.29) is 22.5 Å². The molecule has 0 radical (unpaired) electrons. The Labute approximate surface area is 207 Å². The van der Waals surface area contributed by atoms with Crippen molar-refractivity contribution in [3.05, 3.63) is 87.2 Å². The van der Waals surface area contributed by atoms with E-state index in [9.17, 15) is 9.18 Å². The van der Waals surface area contributed by atoms with Gasteiger partial charge in [0.2, 0.25) is 0 Å². The van der Waals surface area contributed by atoms with Crippen molar-refractivity contribution < 1.29 is 23.4 Å². The van der Waals surface area contributed by atoms with E-state index in [2.05, 4.69) is 10.5 Å². The number of ether oxygens (including phenoxy) is 3. The highest BCUT2D eigenvalue weighted by molar-refractivity contribution is 6.37. The molecule has 0 saturated heterocycles. The standard InChI is InChI=1S/C25H23Cl2FN2O4/c1-3-10-33-22-9-6-18(13-23(22)32-2)25(31)30-29-14-17-11-20(26)24(21(27)12-17)34-15-16-4-7-19(28)8-5-16/h4-9,11-14H,3,10,15H2,1-2H3,(H,30,31)/b29-14+. The molecule has 1 amide bonds. The Kier molecular flexibility index (Phi) is 9.13. The van der Waals surface area contributed by atoms with Gasteiger partial charge < -0.3 is 14.2 Å². The molecule has 0 aliphatic heterocycles. The first-order valence-electron chi connectivity index (χ1n) is 10.4. The van der Waals surface area contributed by atoms with E-state index in [4.69, 9.17) is 37.4 Å². The lowest BCUT2D eigenvalue weighted by Crippen LogP contribution is -2.17. The van der Waals surface area contributed by atoms with E-state index in [1.165, 1.54) is 25.5 Å². The SMILES string of the molecule is CCCOc1ccc(C(=O)N/N=C/c2cc(Cl)c(OCc3ccc(F)cc3)c(Cl)c2)cc1OC. The number of carbonyl (C=O) groups is 1. The summed E-state index contributed by atoms with van der Waals surface area (Å²) in [5.74, 6) is 0.572. The first-order valence-corrected chi connectivity index (χ1v) is 11.2. The van der Waals surface area contributed by atoms with Gasteiger partial charge in [-0.05, 0) is 60.0 Å². The maximum atomic E-state index is 13.0. The summed E-state index contributed by atoms with van der Waals surface area (Å²) in [5.41, 5.74) is 4.14. The van der Waals surface area contributed by atoms with Crippen molar-refractivity contribution in [2.75, 3.05) is 13.7 Å². The molecule has 0 aromatic heterocycles. The van der Waals surface area contributed by atoms with Crippen LogP contribution in [0.5, 0.6) is 17.2 Å². The molecule has 0 heterocycles. The number of nitrogens with zero attached hydrogens (tertiary/aromatic N) is 1. The molecule has 0 unspecified atom stereocenters.